The zero-order valence-electron chi connectivity index (χ0n) is 12.1. The van der Waals surface area contributed by atoms with Crippen LogP contribution in [0.5, 0.6) is 5.88 Å². The molecule has 0 spiro atoms. The lowest BCUT2D eigenvalue weighted by Gasteiger charge is -2.23. The molecule has 1 atom stereocenters. The fourth-order valence-electron chi connectivity index (χ4n) is 2.71. The summed E-state index contributed by atoms with van der Waals surface area (Å²) in [7, 11) is 0. The summed E-state index contributed by atoms with van der Waals surface area (Å²) >= 11 is 6.18. The van der Waals surface area contributed by atoms with Crippen LogP contribution >= 0.6 is 11.6 Å². The molecule has 0 amide bonds. The van der Waals surface area contributed by atoms with Gasteiger partial charge in [-0.2, -0.15) is 5.26 Å². The standard InChI is InChI=1S/C16H15ClN4O/c1-2-3-9-4-6-10(7-5-9)12-11(8-18)15(19)22-16-13(12)14(17)20-21-16/h4-7,12H,2-3,19H2,1H3,(H,20,21)/t12-/m0/s1. The van der Waals surface area contributed by atoms with Gasteiger partial charge in [-0.15, -0.1) is 5.10 Å². The Morgan fingerprint density at radius 2 is 2.14 bits per heavy atom. The Hall–Kier alpha value is -2.45. The van der Waals surface area contributed by atoms with E-state index in [0.29, 0.717) is 22.2 Å². The normalized spacial score (nSPS) is 16.9. The van der Waals surface area contributed by atoms with Crippen LogP contribution < -0.4 is 10.5 Å². The monoisotopic (exact) mass is 314 g/mol. The van der Waals surface area contributed by atoms with E-state index in [1.807, 2.05) is 12.1 Å². The molecule has 2 heterocycles. The maximum Gasteiger partial charge on any atom is 0.245 e. The Labute approximate surface area is 133 Å². The zero-order chi connectivity index (χ0) is 15.7. The molecule has 1 aliphatic heterocycles. The predicted octanol–water partition coefficient (Wildman–Crippen LogP) is 3.23. The van der Waals surface area contributed by atoms with Crippen LogP contribution in [0.3, 0.4) is 0 Å². The number of aromatic amines is 1. The minimum atomic E-state index is -0.365. The summed E-state index contributed by atoms with van der Waals surface area (Å²) in [6, 6.07) is 10.3. The van der Waals surface area contributed by atoms with Crippen molar-refractivity contribution in [1.29, 1.82) is 5.26 Å². The maximum atomic E-state index is 9.44. The van der Waals surface area contributed by atoms with Crippen molar-refractivity contribution >= 4 is 11.6 Å². The van der Waals surface area contributed by atoms with Crippen LogP contribution in [0.15, 0.2) is 35.7 Å². The average molecular weight is 315 g/mol. The molecule has 22 heavy (non-hydrogen) atoms. The summed E-state index contributed by atoms with van der Waals surface area (Å²) in [6.45, 7) is 2.14. The van der Waals surface area contributed by atoms with Gasteiger partial charge in [0.25, 0.3) is 0 Å². The Kier molecular flexibility index (Phi) is 3.78. The Morgan fingerprint density at radius 3 is 2.77 bits per heavy atom. The number of benzene rings is 1. The van der Waals surface area contributed by atoms with Gasteiger partial charge in [-0.05, 0) is 17.5 Å². The SMILES string of the molecule is CCCc1ccc([C@H]2C(C#N)=C(N)Oc3n[nH]c(Cl)c32)cc1. The van der Waals surface area contributed by atoms with Crippen molar-refractivity contribution in [3.63, 3.8) is 0 Å². The van der Waals surface area contributed by atoms with E-state index in [-0.39, 0.29) is 11.8 Å². The molecule has 2 aromatic rings. The molecule has 1 aromatic heterocycles. The van der Waals surface area contributed by atoms with E-state index in [4.69, 9.17) is 22.1 Å². The molecule has 0 unspecified atom stereocenters. The van der Waals surface area contributed by atoms with Crippen molar-refractivity contribution in [2.75, 3.05) is 0 Å². The van der Waals surface area contributed by atoms with Gasteiger partial charge in [0.15, 0.2) is 0 Å². The molecule has 1 aromatic carbocycles. The van der Waals surface area contributed by atoms with Gasteiger partial charge >= 0.3 is 0 Å². The highest BCUT2D eigenvalue weighted by atomic mass is 35.5. The highest BCUT2D eigenvalue weighted by Gasteiger charge is 2.34. The molecule has 0 bridgehead atoms. The fraction of sp³-hybridized carbons (Fsp3) is 0.250. The van der Waals surface area contributed by atoms with Gasteiger partial charge in [-0.1, -0.05) is 49.2 Å². The summed E-state index contributed by atoms with van der Waals surface area (Å²) in [6.07, 6.45) is 2.11. The number of fused-ring (bicyclic) bond motifs is 1. The lowest BCUT2D eigenvalue weighted by molar-refractivity contribution is 0.379. The summed E-state index contributed by atoms with van der Waals surface area (Å²) in [4.78, 5) is 0. The second-order valence-electron chi connectivity index (χ2n) is 5.17. The maximum absolute atomic E-state index is 9.44. The number of nitrogens with one attached hydrogen (secondary N) is 1. The van der Waals surface area contributed by atoms with Gasteiger partial charge in [0, 0.05) is 0 Å². The van der Waals surface area contributed by atoms with Crippen LogP contribution in [0.4, 0.5) is 0 Å². The van der Waals surface area contributed by atoms with Gasteiger partial charge in [0.05, 0.1) is 11.5 Å². The third-order valence-corrected chi connectivity index (χ3v) is 4.03. The first-order valence-corrected chi connectivity index (χ1v) is 7.43. The van der Waals surface area contributed by atoms with Crippen LogP contribution in [0.1, 0.15) is 36.0 Å². The third kappa shape index (κ3) is 2.32. The molecule has 112 valence electrons. The number of H-pyrrole nitrogens is 1. The zero-order valence-corrected chi connectivity index (χ0v) is 12.8. The number of halogens is 1. The van der Waals surface area contributed by atoms with E-state index in [1.54, 1.807) is 0 Å². The second-order valence-corrected chi connectivity index (χ2v) is 5.55. The summed E-state index contributed by atoms with van der Waals surface area (Å²) in [5.41, 5.74) is 9.05. The number of aromatic nitrogens is 2. The lowest BCUT2D eigenvalue weighted by atomic mass is 9.85. The summed E-state index contributed by atoms with van der Waals surface area (Å²) in [5, 5.41) is 16.5. The fourth-order valence-corrected chi connectivity index (χ4v) is 2.94. The van der Waals surface area contributed by atoms with Crippen LogP contribution in [0.25, 0.3) is 0 Å². The van der Waals surface area contributed by atoms with Crippen molar-refractivity contribution < 1.29 is 4.74 Å². The first-order valence-electron chi connectivity index (χ1n) is 7.05. The smallest absolute Gasteiger partial charge is 0.245 e. The summed E-state index contributed by atoms with van der Waals surface area (Å²) in [5.74, 6) is 0.0283. The van der Waals surface area contributed by atoms with Gasteiger partial charge in [-0.25, -0.2) is 0 Å². The molecule has 5 nitrogen and oxygen atoms in total. The second kappa shape index (κ2) is 5.74. The predicted molar refractivity (Wildman–Crippen MR) is 83.3 cm³/mol. The molecule has 3 N–H and O–H groups in total. The molecular weight excluding hydrogens is 300 g/mol. The van der Waals surface area contributed by atoms with Crippen molar-refractivity contribution in [3.05, 3.63) is 57.6 Å². The quantitative estimate of drug-likeness (QED) is 0.910. The highest BCUT2D eigenvalue weighted by molar-refractivity contribution is 6.30. The number of nitrogens with zero attached hydrogens (tertiary/aromatic N) is 2. The number of allylic oxidation sites excluding steroid dienone is 1. The Bertz CT molecular complexity index is 770. The molecule has 0 saturated carbocycles. The van der Waals surface area contributed by atoms with Crippen LogP contribution in [0, 0.1) is 11.3 Å². The molecule has 0 aliphatic carbocycles. The molecule has 6 heteroatoms. The number of hydrogen-bond donors (Lipinski definition) is 2. The lowest BCUT2D eigenvalue weighted by Crippen LogP contribution is -2.20. The van der Waals surface area contributed by atoms with E-state index < -0.39 is 0 Å². The summed E-state index contributed by atoms with van der Waals surface area (Å²) < 4.78 is 5.38. The van der Waals surface area contributed by atoms with Crippen LogP contribution in [0.2, 0.25) is 5.15 Å². The number of nitrogens with two attached hydrogens (primary N) is 1. The molecule has 0 radical (unpaired) electrons. The number of ether oxygens (including phenoxy) is 1. The molecule has 3 rings (SSSR count). The number of nitriles is 1. The third-order valence-electron chi connectivity index (χ3n) is 3.74. The van der Waals surface area contributed by atoms with Crippen molar-refractivity contribution in [2.45, 2.75) is 25.7 Å². The molecular formula is C16H15ClN4O. The van der Waals surface area contributed by atoms with Gasteiger partial charge < -0.3 is 10.5 Å². The van der Waals surface area contributed by atoms with E-state index >= 15 is 0 Å². The minimum Gasteiger partial charge on any atom is -0.420 e. The van der Waals surface area contributed by atoms with Gasteiger partial charge in [0.1, 0.15) is 16.8 Å². The minimum absolute atomic E-state index is 0.0702. The number of hydrogen-bond acceptors (Lipinski definition) is 4. The first kappa shape index (κ1) is 14.5. The number of rotatable bonds is 3. The van der Waals surface area contributed by atoms with Crippen molar-refractivity contribution in [2.24, 2.45) is 5.73 Å². The van der Waals surface area contributed by atoms with E-state index in [9.17, 15) is 5.26 Å². The van der Waals surface area contributed by atoms with Crippen LogP contribution in [-0.4, -0.2) is 10.2 Å². The highest BCUT2D eigenvalue weighted by Crippen LogP contribution is 2.44. The van der Waals surface area contributed by atoms with Gasteiger partial charge in [0.2, 0.25) is 11.8 Å². The molecule has 0 saturated heterocycles. The molecule has 1 aliphatic rings. The van der Waals surface area contributed by atoms with E-state index in [1.165, 1.54) is 5.56 Å². The van der Waals surface area contributed by atoms with Crippen molar-refractivity contribution in [3.8, 4) is 11.9 Å². The Morgan fingerprint density at radius 1 is 1.41 bits per heavy atom. The first-order chi connectivity index (χ1) is 10.7. The average Bonchev–Trinajstić information content (AvgIpc) is 2.88. The Balaban J connectivity index is 2.10. The topological polar surface area (TPSA) is 87.7 Å². The largest absolute Gasteiger partial charge is 0.420 e. The number of aryl methyl sites for hydroxylation is 1. The van der Waals surface area contributed by atoms with E-state index in [0.717, 1.165) is 18.4 Å². The van der Waals surface area contributed by atoms with Crippen LogP contribution in [-0.2, 0) is 6.42 Å². The molecule has 0 fully saturated rings. The van der Waals surface area contributed by atoms with Gasteiger partial charge in [-0.3, -0.25) is 5.10 Å². The van der Waals surface area contributed by atoms with E-state index in [2.05, 4.69) is 35.3 Å². The van der Waals surface area contributed by atoms with Crippen molar-refractivity contribution in [1.82, 2.24) is 10.2 Å².